The van der Waals surface area contributed by atoms with Crippen LogP contribution in [0.25, 0.3) is 11.3 Å². The van der Waals surface area contributed by atoms with Crippen molar-refractivity contribution >= 4 is 11.9 Å². The van der Waals surface area contributed by atoms with Crippen molar-refractivity contribution < 1.29 is 4.39 Å². The van der Waals surface area contributed by atoms with Crippen LogP contribution in [0.5, 0.6) is 0 Å². The number of aryl methyl sites for hydroxylation is 1. The van der Waals surface area contributed by atoms with Crippen LogP contribution in [0.15, 0.2) is 18.5 Å². The fourth-order valence-corrected chi connectivity index (χ4v) is 2.20. The number of nitrogen functional groups attached to an aromatic ring is 1. The summed E-state index contributed by atoms with van der Waals surface area (Å²) in [6.45, 7) is 4.08. The minimum Gasteiger partial charge on any atom is -0.368 e. The summed E-state index contributed by atoms with van der Waals surface area (Å²) >= 11 is 0. The third-order valence-electron chi connectivity index (χ3n) is 3.13. The first-order valence-corrected chi connectivity index (χ1v) is 6.30. The van der Waals surface area contributed by atoms with Gasteiger partial charge in [-0.3, -0.25) is 0 Å². The topological polar surface area (TPSA) is 80.8 Å². The van der Waals surface area contributed by atoms with Crippen molar-refractivity contribution in [1.82, 2.24) is 19.9 Å². The van der Waals surface area contributed by atoms with Crippen LogP contribution < -0.4 is 10.6 Å². The monoisotopic (exact) mass is 274 g/mol. The lowest BCUT2D eigenvalue weighted by atomic mass is 10.00. The fourth-order valence-electron chi connectivity index (χ4n) is 2.20. The molecule has 0 aliphatic carbocycles. The highest BCUT2D eigenvalue weighted by atomic mass is 19.1. The normalized spacial score (nSPS) is 16.9. The lowest BCUT2D eigenvalue weighted by Gasteiger charge is -2.42. The van der Waals surface area contributed by atoms with Gasteiger partial charge in [-0.25, -0.2) is 24.3 Å². The summed E-state index contributed by atoms with van der Waals surface area (Å²) in [4.78, 5) is 18.5. The van der Waals surface area contributed by atoms with Crippen LogP contribution in [0.1, 0.15) is 12.6 Å². The van der Waals surface area contributed by atoms with Gasteiger partial charge < -0.3 is 10.6 Å². The van der Waals surface area contributed by atoms with E-state index >= 15 is 0 Å². The van der Waals surface area contributed by atoms with E-state index < -0.39 is 5.67 Å². The number of halogens is 1. The van der Waals surface area contributed by atoms with Gasteiger partial charge in [-0.15, -0.1) is 0 Å². The smallest absolute Gasteiger partial charge is 0.226 e. The molecule has 0 spiro atoms. The Morgan fingerprint density at radius 3 is 2.50 bits per heavy atom. The molecule has 7 heteroatoms. The average molecular weight is 274 g/mol. The van der Waals surface area contributed by atoms with Crippen LogP contribution in [0.3, 0.4) is 0 Å². The number of hydrogen-bond acceptors (Lipinski definition) is 6. The number of hydrogen-bond donors (Lipinski definition) is 1. The molecule has 0 unspecified atom stereocenters. The molecule has 0 aromatic carbocycles. The van der Waals surface area contributed by atoms with Crippen molar-refractivity contribution in [2.24, 2.45) is 0 Å². The second-order valence-corrected chi connectivity index (χ2v) is 5.29. The van der Waals surface area contributed by atoms with E-state index in [0.717, 1.165) is 11.3 Å². The third kappa shape index (κ3) is 2.38. The van der Waals surface area contributed by atoms with E-state index in [1.54, 1.807) is 19.3 Å². The van der Waals surface area contributed by atoms with Crippen molar-refractivity contribution in [2.45, 2.75) is 19.5 Å². The molecule has 2 N–H and O–H groups in total. The Kier molecular flexibility index (Phi) is 2.77. The molecule has 6 nitrogen and oxygen atoms in total. The zero-order valence-corrected chi connectivity index (χ0v) is 11.3. The summed E-state index contributed by atoms with van der Waals surface area (Å²) in [5, 5.41) is 0. The van der Waals surface area contributed by atoms with Crippen LogP contribution in [-0.4, -0.2) is 38.7 Å². The number of nitrogens with two attached hydrogens (primary N) is 1. The first kappa shape index (κ1) is 12.7. The van der Waals surface area contributed by atoms with Crippen molar-refractivity contribution in [2.75, 3.05) is 23.7 Å². The van der Waals surface area contributed by atoms with Crippen molar-refractivity contribution in [3.63, 3.8) is 0 Å². The maximum Gasteiger partial charge on any atom is 0.226 e. The standard InChI is InChI=1S/C13H15FN6/c1-8-3-10(9-4-16-11(15)17-5-9)19-12(18-8)20-6-13(2,14)7-20/h3-5H,6-7H2,1-2H3,(H2,15,16,17). The second-order valence-electron chi connectivity index (χ2n) is 5.29. The van der Waals surface area contributed by atoms with Crippen molar-refractivity contribution in [3.05, 3.63) is 24.2 Å². The first-order chi connectivity index (χ1) is 9.43. The van der Waals surface area contributed by atoms with Gasteiger partial charge in [0.25, 0.3) is 0 Å². The molecule has 0 saturated carbocycles. The molecule has 2 aromatic rings. The van der Waals surface area contributed by atoms with Gasteiger partial charge in [0, 0.05) is 23.7 Å². The van der Waals surface area contributed by atoms with E-state index in [1.807, 2.05) is 17.9 Å². The molecule has 1 saturated heterocycles. The predicted octanol–water partition coefficient (Wildman–Crippen LogP) is 1.37. The van der Waals surface area contributed by atoms with E-state index in [2.05, 4.69) is 19.9 Å². The van der Waals surface area contributed by atoms with Crippen LogP contribution in [-0.2, 0) is 0 Å². The molecule has 3 heterocycles. The summed E-state index contributed by atoms with van der Waals surface area (Å²) in [6.07, 6.45) is 3.23. The number of nitrogens with zero attached hydrogens (tertiary/aromatic N) is 5. The number of aromatic nitrogens is 4. The van der Waals surface area contributed by atoms with E-state index in [-0.39, 0.29) is 5.95 Å². The van der Waals surface area contributed by atoms with E-state index in [1.165, 1.54) is 0 Å². The van der Waals surface area contributed by atoms with Crippen LogP contribution in [0.2, 0.25) is 0 Å². The molecule has 20 heavy (non-hydrogen) atoms. The van der Waals surface area contributed by atoms with Gasteiger partial charge in [0.1, 0.15) is 5.67 Å². The van der Waals surface area contributed by atoms with Gasteiger partial charge in [-0.1, -0.05) is 0 Å². The van der Waals surface area contributed by atoms with E-state index in [9.17, 15) is 4.39 Å². The number of rotatable bonds is 2. The summed E-state index contributed by atoms with van der Waals surface area (Å²) in [6, 6.07) is 1.84. The first-order valence-electron chi connectivity index (χ1n) is 6.30. The van der Waals surface area contributed by atoms with E-state index in [4.69, 9.17) is 5.73 Å². The molecular weight excluding hydrogens is 259 g/mol. The van der Waals surface area contributed by atoms with Gasteiger partial charge in [-0.05, 0) is 19.9 Å². The highest BCUT2D eigenvalue weighted by Crippen LogP contribution is 2.29. The Morgan fingerprint density at radius 2 is 1.90 bits per heavy atom. The van der Waals surface area contributed by atoms with Gasteiger partial charge in [0.2, 0.25) is 11.9 Å². The molecule has 0 amide bonds. The number of alkyl halides is 1. The molecule has 1 fully saturated rings. The van der Waals surface area contributed by atoms with Crippen LogP contribution in [0, 0.1) is 6.92 Å². The quantitative estimate of drug-likeness (QED) is 0.891. The highest BCUT2D eigenvalue weighted by molar-refractivity contribution is 5.60. The zero-order chi connectivity index (χ0) is 14.3. The summed E-state index contributed by atoms with van der Waals surface area (Å²) < 4.78 is 13.6. The largest absolute Gasteiger partial charge is 0.368 e. The van der Waals surface area contributed by atoms with Gasteiger partial charge in [0.05, 0.1) is 18.8 Å². The van der Waals surface area contributed by atoms with Crippen LogP contribution >= 0.6 is 0 Å². The molecular formula is C13H15FN6. The van der Waals surface area contributed by atoms with Gasteiger partial charge in [0.15, 0.2) is 0 Å². The zero-order valence-electron chi connectivity index (χ0n) is 11.3. The Hall–Kier alpha value is -2.31. The van der Waals surface area contributed by atoms with Gasteiger partial charge >= 0.3 is 0 Å². The maximum absolute atomic E-state index is 13.6. The van der Waals surface area contributed by atoms with Crippen molar-refractivity contribution in [3.8, 4) is 11.3 Å². The van der Waals surface area contributed by atoms with E-state index in [0.29, 0.717) is 24.7 Å². The van der Waals surface area contributed by atoms with Crippen molar-refractivity contribution in [1.29, 1.82) is 0 Å². The Balaban J connectivity index is 1.93. The molecule has 3 rings (SSSR count). The molecule has 0 bridgehead atoms. The molecule has 0 atom stereocenters. The lowest BCUT2D eigenvalue weighted by Crippen LogP contribution is -2.57. The Bertz CT molecular complexity index is 632. The molecule has 2 aromatic heterocycles. The minimum absolute atomic E-state index is 0.218. The third-order valence-corrected chi connectivity index (χ3v) is 3.13. The highest BCUT2D eigenvalue weighted by Gasteiger charge is 2.40. The predicted molar refractivity (Wildman–Crippen MR) is 73.9 cm³/mol. The maximum atomic E-state index is 13.6. The summed E-state index contributed by atoms with van der Waals surface area (Å²) in [5.41, 5.74) is 6.59. The molecule has 104 valence electrons. The average Bonchev–Trinajstić information content (AvgIpc) is 2.36. The summed E-state index contributed by atoms with van der Waals surface area (Å²) in [7, 11) is 0. The molecule has 0 radical (unpaired) electrons. The lowest BCUT2D eigenvalue weighted by molar-refractivity contribution is 0.143. The summed E-state index contributed by atoms with van der Waals surface area (Å²) in [5.74, 6) is 0.752. The molecule has 1 aliphatic heterocycles. The molecule has 1 aliphatic rings. The second kappa shape index (κ2) is 4.36. The SMILES string of the molecule is Cc1cc(-c2cnc(N)nc2)nc(N2CC(C)(F)C2)n1. The Labute approximate surface area is 115 Å². The number of anilines is 2. The fraction of sp³-hybridized carbons (Fsp3) is 0.385. The minimum atomic E-state index is -1.16. The van der Waals surface area contributed by atoms with Gasteiger partial charge in [-0.2, -0.15) is 0 Å². The van der Waals surface area contributed by atoms with Crippen LogP contribution in [0.4, 0.5) is 16.3 Å². The Morgan fingerprint density at radius 1 is 1.25 bits per heavy atom.